The molecule has 0 radical (unpaired) electrons. The van der Waals surface area contributed by atoms with Gasteiger partial charge in [-0.05, 0) is 18.2 Å². The Balaban J connectivity index is 1.40. The van der Waals surface area contributed by atoms with Gasteiger partial charge in [0, 0.05) is 31.0 Å². The number of carbonyl (C=O) groups excluding carboxylic acids is 1. The molecule has 0 bridgehead atoms. The van der Waals surface area contributed by atoms with E-state index in [1.165, 1.54) is 6.33 Å². The monoisotopic (exact) mass is 369 g/mol. The molecule has 1 fully saturated rings. The van der Waals surface area contributed by atoms with Crippen molar-refractivity contribution in [1.82, 2.24) is 19.9 Å². The van der Waals surface area contributed by atoms with Gasteiger partial charge in [-0.25, -0.2) is 15.0 Å². The van der Waals surface area contributed by atoms with Crippen molar-refractivity contribution in [1.29, 1.82) is 0 Å². The number of hydrogen-bond donors (Lipinski definition) is 1. The summed E-state index contributed by atoms with van der Waals surface area (Å²) in [6, 6.07) is 5.25. The van der Waals surface area contributed by atoms with Gasteiger partial charge in [-0.15, -0.1) is 0 Å². The first-order valence-electron chi connectivity index (χ1n) is 8.54. The molecule has 2 aliphatic rings. The third-order valence-corrected chi connectivity index (χ3v) is 5.46. The van der Waals surface area contributed by atoms with Gasteiger partial charge in [-0.3, -0.25) is 4.79 Å². The molecule has 8 heteroatoms. The molecular weight excluding hydrogens is 354 g/mol. The number of halogens is 1. The number of H-pyrrole nitrogens is 1. The van der Waals surface area contributed by atoms with Gasteiger partial charge in [0.15, 0.2) is 17.2 Å². The van der Waals surface area contributed by atoms with Gasteiger partial charge in [-0.2, -0.15) is 0 Å². The number of carbonyl (C=O) groups is 1. The standard InChI is InChI=1S/C18H16ClN5O2/c19-11-1-2-14-12(7-11)13(25)8-18(26-14)3-5-24(6-4-18)17-15-16(21-9-20-15)22-10-23-17/h1-2,7,9-10H,3-6,8H2,(H,20,21,22,23). The normalized spacial score (nSPS) is 18.8. The second-order valence-electron chi connectivity index (χ2n) is 6.81. The van der Waals surface area contributed by atoms with E-state index in [9.17, 15) is 4.79 Å². The first kappa shape index (κ1) is 15.6. The molecule has 1 aromatic carbocycles. The number of Topliss-reactive ketones (excluding diaryl/α,β-unsaturated/α-hetero) is 1. The first-order valence-corrected chi connectivity index (χ1v) is 8.92. The topological polar surface area (TPSA) is 84.0 Å². The molecule has 0 saturated carbocycles. The maximum atomic E-state index is 12.6. The third-order valence-electron chi connectivity index (χ3n) is 5.23. The summed E-state index contributed by atoms with van der Waals surface area (Å²) in [6.45, 7) is 1.50. The molecule has 7 nitrogen and oxygen atoms in total. The molecule has 26 heavy (non-hydrogen) atoms. The van der Waals surface area contributed by atoms with Crippen LogP contribution < -0.4 is 9.64 Å². The quantitative estimate of drug-likeness (QED) is 0.709. The number of benzene rings is 1. The van der Waals surface area contributed by atoms with Crippen LogP contribution in [0.15, 0.2) is 30.9 Å². The number of aromatic nitrogens is 4. The Labute approximate surface area is 154 Å². The number of imidazole rings is 1. The highest BCUT2D eigenvalue weighted by molar-refractivity contribution is 6.31. The summed E-state index contributed by atoms with van der Waals surface area (Å²) in [5.74, 6) is 1.58. The van der Waals surface area contributed by atoms with Gasteiger partial charge in [0.2, 0.25) is 0 Å². The Morgan fingerprint density at radius 1 is 1.19 bits per heavy atom. The summed E-state index contributed by atoms with van der Waals surface area (Å²) in [7, 11) is 0. The predicted molar refractivity (Wildman–Crippen MR) is 96.9 cm³/mol. The lowest BCUT2D eigenvalue weighted by molar-refractivity contribution is 0.0231. The molecule has 1 N–H and O–H groups in total. The highest BCUT2D eigenvalue weighted by atomic mass is 35.5. The van der Waals surface area contributed by atoms with Crippen LogP contribution in [0.5, 0.6) is 5.75 Å². The minimum Gasteiger partial charge on any atom is -0.486 e. The number of nitrogens with one attached hydrogen (secondary N) is 1. The summed E-state index contributed by atoms with van der Waals surface area (Å²) in [6.07, 6.45) is 5.04. The zero-order valence-corrected chi connectivity index (χ0v) is 14.7. The fourth-order valence-corrected chi connectivity index (χ4v) is 4.04. The number of nitrogens with zero attached hydrogens (tertiary/aromatic N) is 4. The number of piperidine rings is 1. The van der Waals surface area contributed by atoms with Crippen LogP contribution in [0.1, 0.15) is 29.6 Å². The van der Waals surface area contributed by atoms with Gasteiger partial charge in [-0.1, -0.05) is 11.6 Å². The van der Waals surface area contributed by atoms with Crippen LogP contribution >= 0.6 is 11.6 Å². The van der Waals surface area contributed by atoms with Crippen LogP contribution in [0.25, 0.3) is 11.2 Å². The first-order chi connectivity index (χ1) is 12.6. The van der Waals surface area contributed by atoms with E-state index in [4.69, 9.17) is 16.3 Å². The smallest absolute Gasteiger partial charge is 0.182 e. The summed E-state index contributed by atoms with van der Waals surface area (Å²) in [5.41, 5.74) is 1.63. The van der Waals surface area contributed by atoms with Gasteiger partial charge in [0.25, 0.3) is 0 Å². The minimum atomic E-state index is -0.450. The van der Waals surface area contributed by atoms with Crippen LogP contribution in [0.2, 0.25) is 5.02 Å². The van der Waals surface area contributed by atoms with E-state index < -0.39 is 5.60 Å². The maximum absolute atomic E-state index is 12.6. The Hall–Kier alpha value is -2.67. The van der Waals surface area contributed by atoms with E-state index in [-0.39, 0.29) is 5.78 Å². The third kappa shape index (κ3) is 2.42. The molecule has 1 spiro atoms. The van der Waals surface area contributed by atoms with E-state index in [0.717, 1.165) is 37.3 Å². The van der Waals surface area contributed by atoms with Crippen LogP contribution in [0.3, 0.4) is 0 Å². The predicted octanol–water partition coefficient (Wildman–Crippen LogP) is 3.01. The van der Waals surface area contributed by atoms with Crippen molar-refractivity contribution >= 4 is 34.4 Å². The lowest BCUT2D eigenvalue weighted by atomic mass is 9.82. The molecule has 0 amide bonds. The fraction of sp³-hybridized carbons (Fsp3) is 0.333. The number of rotatable bonds is 1. The van der Waals surface area contributed by atoms with Crippen molar-refractivity contribution in [3.63, 3.8) is 0 Å². The van der Waals surface area contributed by atoms with Crippen molar-refractivity contribution in [3.05, 3.63) is 41.4 Å². The Morgan fingerprint density at radius 3 is 2.88 bits per heavy atom. The minimum absolute atomic E-state index is 0.0974. The van der Waals surface area contributed by atoms with Crippen LogP contribution in [-0.4, -0.2) is 44.4 Å². The van der Waals surface area contributed by atoms with Crippen LogP contribution in [-0.2, 0) is 0 Å². The molecule has 0 unspecified atom stereocenters. The lowest BCUT2D eigenvalue weighted by Gasteiger charge is -2.44. The van der Waals surface area contributed by atoms with Crippen molar-refractivity contribution < 1.29 is 9.53 Å². The number of hydrogen-bond acceptors (Lipinski definition) is 6. The molecule has 1 saturated heterocycles. The zero-order valence-electron chi connectivity index (χ0n) is 13.9. The second-order valence-corrected chi connectivity index (χ2v) is 7.25. The number of fused-ring (bicyclic) bond motifs is 2. The average Bonchev–Trinajstić information content (AvgIpc) is 3.12. The summed E-state index contributed by atoms with van der Waals surface area (Å²) < 4.78 is 6.28. The van der Waals surface area contributed by atoms with Crippen molar-refractivity contribution in [2.45, 2.75) is 24.9 Å². The van der Waals surface area contributed by atoms with Gasteiger partial charge in [0.05, 0.1) is 18.3 Å². The SMILES string of the molecule is O=C1CC2(CCN(c3ncnc4nc[nH]c34)CC2)Oc2ccc(Cl)cc21. The summed E-state index contributed by atoms with van der Waals surface area (Å²) in [4.78, 5) is 30.7. The molecular formula is C18H16ClN5O2. The van der Waals surface area contributed by atoms with Crippen LogP contribution in [0, 0.1) is 0 Å². The Kier molecular flexibility index (Phi) is 3.40. The zero-order chi connectivity index (χ0) is 17.7. The van der Waals surface area contributed by atoms with E-state index in [2.05, 4.69) is 24.8 Å². The van der Waals surface area contributed by atoms with Crippen LogP contribution in [0.4, 0.5) is 5.82 Å². The van der Waals surface area contributed by atoms with Crippen molar-refractivity contribution in [3.8, 4) is 5.75 Å². The van der Waals surface area contributed by atoms with E-state index in [1.807, 2.05) is 0 Å². The Morgan fingerprint density at radius 2 is 2.04 bits per heavy atom. The second kappa shape index (κ2) is 5.67. The number of aromatic amines is 1. The largest absolute Gasteiger partial charge is 0.486 e. The highest BCUT2D eigenvalue weighted by Crippen LogP contribution is 2.41. The Bertz CT molecular complexity index is 1010. The number of ketones is 1. The maximum Gasteiger partial charge on any atom is 0.182 e. The number of anilines is 1. The van der Waals surface area contributed by atoms with Gasteiger partial charge < -0.3 is 14.6 Å². The molecule has 5 rings (SSSR count). The highest BCUT2D eigenvalue weighted by Gasteiger charge is 2.43. The molecule has 2 aromatic heterocycles. The molecule has 132 valence electrons. The lowest BCUT2D eigenvalue weighted by Crippen LogP contribution is -2.51. The molecule has 4 heterocycles. The molecule has 0 atom stereocenters. The molecule has 3 aromatic rings. The fourth-order valence-electron chi connectivity index (χ4n) is 3.86. The van der Waals surface area contributed by atoms with Gasteiger partial charge in [0.1, 0.15) is 23.2 Å². The summed E-state index contributed by atoms with van der Waals surface area (Å²) in [5, 5.41) is 0.554. The van der Waals surface area contributed by atoms with Crippen molar-refractivity contribution in [2.24, 2.45) is 0 Å². The van der Waals surface area contributed by atoms with Gasteiger partial charge >= 0.3 is 0 Å². The molecule has 2 aliphatic heterocycles. The van der Waals surface area contributed by atoms with E-state index in [0.29, 0.717) is 28.4 Å². The number of ether oxygens (including phenoxy) is 1. The van der Waals surface area contributed by atoms with E-state index >= 15 is 0 Å². The van der Waals surface area contributed by atoms with Crippen molar-refractivity contribution in [2.75, 3.05) is 18.0 Å². The summed E-state index contributed by atoms with van der Waals surface area (Å²) >= 11 is 6.01. The average molecular weight is 370 g/mol. The molecule has 0 aliphatic carbocycles. The van der Waals surface area contributed by atoms with E-state index in [1.54, 1.807) is 24.5 Å².